The van der Waals surface area contributed by atoms with Gasteiger partial charge >= 0.3 is 18.2 Å². The van der Waals surface area contributed by atoms with Crippen LogP contribution in [0.5, 0.6) is 0 Å². The van der Waals surface area contributed by atoms with Crippen molar-refractivity contribution < 1.29 is 0 Å². The molecule has 0 aliphatic heterocycles. The smallest absolute Gasteiger partial charge is 0.277 e. The molecule has 0 heterocycles. The monoisotopic (exact) mass is 292 g/mol. The zero-order valence-corrected chi connectivity index (χ0v) is 13.9. The van der Waals surface area contributed by atoms with E-state index in [1.807, 2.05) is 12.2 Å². The van der Waals surface area contributed by atoms with Crippen molar-refractivity contribution in [1.29, 1.82) is 0 Å². The van der Waals surface area contributed by atoms with Crippen LogP contribution in [0.4, 0.5) is 0 Å². The summed E-state index contributed by atoms with van der Waals surface area (Å²) in [5, 5.41) is 0. The molecule has 0 rings (SSSR count). The molecule has 15 heavy (non-hydrogen) atoms. The lowest BCUT2D eigenvalue weighted by atomic mass is 10.4. The molecular formula is C12H17BrMgSi. The third-order valence-corrected chi connectivity index (χ3v) is 5.59. The Kier molecular flexibility index (Phi) is 9.75. The summed E-state index contributed by atoms with van der Waals surface area (Å²) in [6.45, 7) is 6.90. The van der Waals surface area contributed by atoms with Crippen molar-refractivity contribution in [3.05, 3.63) is 12.2 Å². The van der Waals surface area contributed by atoms with Gasteiger partial charge in [0.05, 0.1) is 0 Å². The van der Waals surface area contributed by atoms with E-state index in [2.05, 4.69) is 54.3 Å². The standard InChI is InChI=1S/C12H17Si.BrH.Mg/c1-5-7-9-10-12-13(3,4)11-8-6-2;;/h7,9H,6,8,11H2,2-4H3;1H;/q;;+1/p-1. The second-order valence-corrected chi connectivity index (χ2v) is 10.9. The Bertz CT molecular complexity index is 312. The minimum atomic E-state index is -1.25. The summed E-state index contributed by atoms with van der Waals surface area (Å²) in [7, 11) is -1.25. The Morgan fingerprint density at radius 2 is 1.93 bits per heavy atom. The van der Waals surface area contributed by atoms with Crippen molar-refractivity contribution in [2.75, 3.05) is 0 Å². The van der Waals surface area contributed by atoms with Gasteiger partial charge in [-0.05, 0) is 18.2 Å². The van der Waals surface area contributed by atoms with Gasteiger partial charge in [0, 0.05) is 0 Å². The SMILES string of the molecule is CCCC[Si](C)(C)C#CC=CC#[C][Mg][Br]. The molecule has 0 nitrogen and oxygen atoms in total. The summed E-state index contributed by atoms with van der Waals surface area (Å²) in [5.41, 5.74) is 3.40. The Hall–Kier alpha value is 0.323. The van der Waals surface area contributed by atoms with Crippen LogP contribution in [0, 0.1) is 21.4 Å². The molecule has 0 radical (unpaired) electrons. The second-order valence-electron chi connectivity index (χ2n) is 4.04. The number of hydrogen-bond donors (Lipinski definition) is 0. The third-order valence-electron chi connectivity index (χ3n) is 1.98. The molecule has 0 amide bonds. The van der Waals surface area contributed by atoms with Crippen molar-refractivity contribution >= 4 is 39.2 Å². The van der Waals surface area contributed by atoms with Gasteiger partial charge in [0.15, 0.2) is 0 Å². The molecule has 3 heteroatoms. The van der Waals surface area contributed by atoms with Crippen LogP contribution in [-0.2, 0) is 0 Å². The summed E-state index contributed by atoms with van der Waals surface area (Å²) in [6, 6.07) is 1.31. The van der Waals surface area contributed by atoms with E-state index >= 15 is 0 Å². The van der Waals surface area contributed by atoms with Crippen LogP contribution >= 0.6 is 12.9 Å². The molecule has 0 spiro atoms. The first-order valence-corrected chi connectivity index (χ1v) is 13.2. The van der Waals surface area contributed by atoms with Gasteiger partial charge in [-0.15, -0.1) is 11.5 Å². The van der Waals surface area contributed by atoms with E-state index in [1.54, 1.807) is 0 Å². The first kappa shape index (κ1) is 15.3. The number of unbranched alkanes of at least 4 members (excludes halogenated alkanes) is 1. The number of hydrogen-bond acceptors (Lipinski definition) is 0. The molecule has 0 aromatic carbocycles. The van der Waals surface area contributed by atoms with Crippen LogP contribution in [0.3, 0.4) is 0 Å². The molecule has 78 valence electrons. The molecule has 0 aromatic rings. The van der Waals surface area contributed by atoms with Gasteiger partial charge in [-0.3, -0.25) is 12.9 Å². The molecule has 0 N–H and O–H groups in total. The highest BCUT2D eigenvalue weighted by molar-refractivity contribution is 9.23. The molecule has 0 aliphatic carbocycles. The molecule has 0 bridgehead atoms. The lowest BCUT2D eigenvalue weighted by molar-refractivity contribution is 0.871. The molecule has 0 aromatic heterocycles. The quantitative estimate of drug-likeness (QED) is 0.551. The van der Waals surface area contributed by atoms with Gasteiger partial charge < -0.3 is 0 Å². The lowest BCUT2D eigenvalue weighted by Crippen LogP contribution is -2.22. The Morgan fingerprint density at radius 1 is 1.27 bits per heavy atom. The molecule has 0 saturated carbocycles. The maximum Gasteiger partial charge on any atom is 0.569 e. The van der Waals surface area contributed by atoms with Crippen molar-refractivity contribution in [2.24, 2.45) is 0 Å². The predicted molar refractivity (Wildman–Crippen MR) is 76.6 cm³/mol. The second kappa shape index (κ2) is 9.54. The summed E-state index contributed by atoms with van der Waals surface area (Å²) >= 11 is 3.08. The fourth-order valence-corrected chi connectivity index (χ4v) is 3.62. The van der Waals surface area contributed by atoms with Crippen LogP contribution in [-0.4, -0.2) is 26.3 Å². The normalized spacial score (nSPS) is 9.87. The van der Waals surface area contributed by atoms with Crippen molar-refractivity contribution in [3.63, 3.8) is 0 Å². The Morgan fingerprint density at radius 3 is 2.53 bits per heavy atom. The van der Waals surface area contributed by atoms with Crippen molar-refractivity contribution in [3.8, 4) is 21.4 Å². The Balaban J connectivity index is 4.08. The van der Waals surface area contributed by atoms with E-state index < -0.39 is 8.07 Å². The maximum atomic E-state index is 3.40. The van der Waals surface area contributed by atoms with Gasteiger partial charge in [-0.25, -0.2) is 4.05 Å². The number of rotatable bonds is 3. The fraction of sp³-hybridized carbons (Fsp3) is 0.500. The fourth-order valence-electron chi connectivity index (χ4n) is 1.10. The summed E-state index contributed by atoms with van der Waals surface area (Å²) < 4.78 is 3.04. The average molecular weight is 294 g/mol. The zero-order valence-electron chi connectivity index (χ0n) is 9.86. The molecule has 0 fully saturated rings. The number of allylic oxidation sites excluding steroid dienone is 2. The topological polar surface area (TPSA) is 0 Å². The Labute approximate surface area is 111 Å². The first-order valence-electron chi connectivity index (χ1n) is 5.34. The van der Waals surface area contributed by atoms with E-state index in [4.69, 9.17) is 0 Å². The van der Waals surface area contributed by atoms with E-state index in [9.17, 15) is 0 Å². The third kappa shape index (κ3) is 10.6. The largest absolute Gasteiger partial charge is 0.569 e. The van der Waals surface area contributed by atoms with Crippen LogP contribution in [0.25, 0.3) is 0 Å². The first-order chi connectivity index (χ1) is 7.12. The van der Waals surface area contributed by atoms with E-state index in [1.165, 1.54) is 18.9 Å². The highest BCUT2D eigenvalue weighted by Gasteiger charge is 2.15. The van der Waals surface area contributed by atoms with Crippen LogP contribution < -0.4 is 0 Å². The predicted octanol–water partition coefficient (Wildman–Crippen LogP) is 3.57. The van der Waals surface area contributed by atoms with Crippen LogP contribution in [0.1, 0.15) is 19.8 Å². The molecule has 0 atom stereocenters. The molecule has 0 aliphatic rings. The van der Waals surface area contributed by atoms with Gasteiger partial charge in [0.25, 0.3) is 0 Å². The van der Waals surface area contributed by atoms with Gasteiger partial charge in [0.2, 0.25) is 0 Å². The van der Waals surface area contributed by atoms with Crippen molar-refractivity contribution in [2.45, 2.75) is 38.9 Å². The maximum absolute atomic E-state index is 3.40. The van der Waals surface area contributed by atoms with Crippen LogP contribution in [0.15, 0.2) is 12.2 Å². The minimum absolute atomic E-state index is 0.298. The summed E-state index contributed by atoms with van der Waals surface area (Å²) in [4.78, 5) is 0. The number of halogens is 1. The van der Waals surface area contributed by atoms with E-state index in [0.29, 0.717) is 0 Å². The molecular weight excluding hydrogens is 276 g/mol. The zero-order chi connectivity index (χ0) is 11.6. The van der Waals surface area contributed by atoms with Gasteiger partial charge in [0.1, 0.15) is 8.07 Å². The molecule has 0 unspecified atom stereocenters. The van der Waals surface area contributed by atoms with Crippen molar-refractivity contribution in [1.82, 2.24) is 0 Å². The van der Waals surface area contributed by atoms with Crippen LogP contribution in [0.2, 0.25) is 19.1 Å². The lowest BCUT2D eigenvalue weighted by Gasteiger charge is -2.12. The minimum Gasteiger partial charge on any atom is -0.277 e. The average Bonchev–Trinajstić information content (AvgIpc) is 2.20. The summed E-state index contributed by atoms with van der Waals surface area (Å²) in [6.07, 6.45) is 6.32. The highest BCUT2D eigenvalue weighted by atomic mass is 79.9. The van der Waals surface area contributed by atoms with Gasteiger partial charge in [-0.2, -0.15) is 0 Å². The highest BCUT2D eigenvalue weighted by Crippen LogP contribution is 2.11. The molecule has 0 saturated heterocycles. The van der Waals surface area contributed by atoms with E-state index in [-0.39, 0.29) is 18.2 Å². The van der Waals surface area contributed by atoms with E-state index in [0.717, 1.165) is 0 Å². The van der Waals surface area contributed by atoms with Gasteiger partial charge in [-0.1, -0.05) is 38.8 Å². The summed E-state index contributed by atoms with van der Waals surface area (Å²) in [5.74, 6) is 6.08.